The number of carbonyl (C=O) groups excluding carboxylic acids is 1. The van der Waals surface area contributed by atoms with Gasteiger partial charge < -0.3 is 15.7 Å². The van der Waals surface area contributed by atoms with E-state index in [1.807, 2.05) is 12.3 Å². The van der Waals surface area contributed by atoms with Crippen molar-refractivity contribution in [1.82, 2.24) is 15.6 Å². The first-order valence-corrected chi connectivity index (χ1v) is 7.14. The van der Waals surface area contributed by atoms with E-state index in [0.29, 0.717) is 6.54 Å². The number of aryl methyl sites for hydroxylation is 1. The maximum absolute atomic E-state index is 11.9. The first-order chi connectivity index (χ1) is 9.06. The SMILES string of the molecule is Cc1csc(CNC(=O)NC(C)(C)C(C)(C)C(=O)O)n1. The number of carbonyl (C=O) groups is 2. The third-order valence-electron chi connectivity index (χ3n) is 3.59. The van der Waals surface area contributed by atoms with Gasteiger partial charge in [-0.1, -0.05) is 0 Å². The van der Waals surface area contributed by atoms with Crippen LogP contribution in [-0.2, 0) is 11.3 Å². The molecule has 1 heterocycles. The van der Waals surface area contributed by atoms with Crippen molar-refractivity contribution >= 4 is 23.3 Å². The van der Waals surface area contributed by atoms with Gasteiger partial charge >= 0.3 is 12.0 Å². The first-order valence-electron chi connectivity index (χ1n) is 6.26. The molecule has 0 atom stereocenters. The summed E-state index contributed by atoms with van der Waals surface area (Å²) in [6.45, 7) is 8.76. The highest BCUT2D eigenvalue weighted by Gasteiger charge is 2.44. The van der Waals surface area contributed by atoms with Crippen LogP contribution in [0.3, 0.4) is 0 Å². The lowest BCUT2D eigenvalue weighted by molar-refractivity contribution is -0.150. The average molecular weight is 299 g/mol. The molecular weight excluding hydrogens is 278 g/mol. The Balaban J connectivity index is 2.59. The predicted molar refractivity (Wildman–Crippen MR) is 77.7 cm³/mol. The van der Waals surface area contributed by atoms with Crippen LogP contribution < -0.4 is 10.6 Å². The zero-order valence-corrected chi connectivity index (χ0v) is 13.2. The molecule has 0 spiro atoms. The number of amides is 2. The van der Waals surface area contributed by atoms with E-state index in [-0.39, 0.29) is 0 Å². The van der Waals surface area contributed by atoms with E-state index in [4.69, 9.17) is 0 Å². The molecule has 0 unspecified atom stereocenters. The van der Waals surface area contributed by atoms with Gasteiger partial charge in [0, 0.05) is 11.1 Å². The van der Waals surface area contributed by atoms with E-state index in [1.165, 1.54) is 11.3 Å². The number of nitrogens with one attached hydrogen (secondary N) is 2. The fourth-order valence-corrected chi connectivity index (χ4v) is 2.10. The number of aromatic nitrogens is 1. The highest BCUT2D eigenvalue weighted by molar-refractivity contribution is 7.09. The summed E-state index contributed by atoms with van der Waals surface area (Å²) in [5.74, 6) is -0.960. The largest absolute Gasteiger partial charge is 0.481 e. The van der Waals surface area contributed by atoms with Crippen molar-refractivity contribution in [3.05, 3.63) is 16.1 Å². The average Bonchev–Trinajstić information content (AvgIpc) is 2.71. The smallest absolute Gasteiger partial charge is 0.315 e. The van der Waals surface area contributed by atoms with Gasteiger partial charge in [0.15, 0.2) is 0 Å². The molecule has 20 heavy (non-hydrogen) atoms. The highest BCUT2D eigenvalue weighted by atomic mass is 32.1. The number of carboxylic acids is 1. The fourth-order valence-electron chi connectivity index (χ4n) is 1.39. The molecule has 3 N–H and O–H groups in total. The van der Waals surface area contributed by atoms with E-state index in [1.54, 1.807) is 27.7 Å². The Morgan fingerprint density at radius 3 is 2.40 bits per heavy atom. The van der Waals surface area contributed by atoms with Crippen molar-refractivity contribution in [3.8, 4) is 0 Å². The maximum Gasteiger partial charge on any atom is 0.315 e. The van der Waals surface area contributed by atoms with Crippen LogP contribution in [0.25, 0.3) is 0 Å². The second-order valence-corrected chi connectivity index (χ2v) is 6.69. The molecule has 0 aliphatic rings. The number of aliphatic carboxylic acids is 1. The molecule has 0 fully saturated rings. The van der Waals surface area contributed by atoms with Crippen molar-refractivity contribution in [2.24, 2.45) is 5.41 Å². The van der Waals surface area contributed by atoms with Crippen LogP contribution in [-0.4, -0.2) is 27.6 Å². The summed E-state index contributed by atoms with van der Waals surface area (Å²) in [4.78, 5) is 27.4. The topological polar surface area (TPSA) is 91.3 Å². The minimum Gasteiger partial charge on any atom is -0.481 e. The van der Waals surface area contributed by atoms with Crippen LogP contribution in [0.15, 0.2) is 5.38 Å². The van der Waals surface area contributed by atoms with Crippen LogP contribution in [0.2, 0.25) is 0 Å². The van der Waals surface area contributed by atoms with Gasteiger partial charge in [-0.05, 0) is 34.6 Å². The third kappa shape index (κ3) is 3.69. The lowest BCUT2D eigenvalue weighted by Crippen LogP contribution is -2.58. The van der Waals surface area contributed by atoms with E-state index in [2.05, 4.69) is 15.6 Å². The van der Waals surface area contributed by atoms with Gasteiger partial charge in [0.1, 0.15) is 5.01 Å². The van der Waals surface area contributed by atoms with E-state index < -0.39 is 23.0 Å². The monoisotopic (exact) mass is 299 g/mol. The lowest BCUT2D eigenvalue weighted by Gasteiger charge is -2.38. The van der Waals surface area contributed by atoms with Crippen molar-refractivity contribution in [2.75, 3.05) is 0 Å². The minimum atomic E-state index is -1.08. The molecule has 112 valence electrons. The van der Waals surface area contributed by atoms with Gasteiger partial charge in [-0.2, -0.15) is 0 Å². The van der Waals surface area contributed by atoms with Gasteiger partial charge in [0.25, 0.3) is 0 Å². The van der Waals surface area contributed by atoms with E-state index in [0.717, 1.165) is 10.7 Å². The Labute approximate surface area is 122 Å². The predicted octanol–water partition coefficient (Wildman–Crippen LogP) is 2.14. The summed E-state index contributed by atoms with van der Waals surface area (Å²) in [6, 6.07) is -0.405. The first kappa shape index (κ1) is 16.4. The number of carboxylic acid groups (broad SMARTS) is 1. The van der Waals surface area contributed by atoms with Gasteiger partial charge in [0.05, 0.1) is 17.5 Å². The standard InChI is InChI=1S/C13H21N3O3S/c1-8-7-20-9(15-8)6-14-11(19)16-13(4,5)12(2,3)10(17)18/h7H,6H2,1-5H3,(H,17,18)(H2,14,16,19). The van der Waals surface area contributed by atoms with Crippen molar-refractivity contribution in [2.45, 2.75) is 46.7 Å². The van der Waals surface area contributed by atoms with Crippen LogP contribution in [0.1, 0.15) is 38.4 Å². The second kappa shape index (κ2) is 5.78. The van der Waals surface area contributed by atoms with Gasteiger partial charge in [-0.3, -0.25) is 4.79 Å². The van der Waals surface area contributed by atoms with Crippen LogP contribution >= 0.6 is 11.3 Å². The summed E-state index contributed by atoms with van der Waals surface area (Å²) >= 11 is 1.47. The second-order valence-electron chi connectivity index (χ2n) is 5.75. The third-order valence-corrected chi connectivity index (χ3v) is 4.56. The molecule has 0 radical (unpaired) electrons. The van der Waals surface area contributed by atoms with E-state index in [9.17, 15) is 14.7 Å². The number of nitrogens with zero attached hydrogens (tertiary/aromatic N) is 1. The Morgan fingerprint density at radius 2 is 1.95 bits per heavy atom. The Bertz CT molecular complexity index is 509. The van der Waals surface area contributed by atoms with Gasteiger partial charge in [-0.15, -0.1) is 11.3 Å². The maximum atomic E-state index is 11.9. The molecule has 6 nitrogen and oxygen atoms in total. The van der Waals surface area contributed by atoms with Crippen molar-refractivity contribution in [1.29, 1.82) is 0 Å². The van der Waals surface area contributed by atoms with Crippen molar-refractivity contribution in [3.63, 3.8) is 0 Å². The Morgan fingerprint density at radius 1 is 1.35 bits per heavy atom. The van der Waals surface area contributed by atoms with Crippen LogP contribution in [0, 0.1) is 12.3 Å². The van der Waals surface area contributed by atoms with Crippen LogP contribution in [0.4, 0.5) is 4.79 Å². The number of urea groups is 1. The number of hydrogen-bond donors (Lipinski definition) is 3. The zero-order chi connectivity index (χ0) is 15.6. The fraction of sp³-hybridized carbons (Fsp3) is 0.615. The number of rotatable bonds is 5. The summed E-state index contributed by atoms with van der Waals surface area (Å²) in [5.41, 5.74) is -1.05. The van der Waals surface area contributed by atoms with E-state index >= 15 is 0 Å². The molecule has 0 saturated carbocycles. The molecule has 0 aliphatic carbocycles. The molecule has 1 aromatic heterocycles. The summed E-state index contributed by atoms with van der Waals surface area (Å²) in [5, 5.41) is 17.3. The number of thiazole rings is 1. The lowest BCUT2D eigenvalue weighted by atomic mass is 9.74. The van der Waals surface area contributed by atoms with Crippen LogP contribution in [0.5, 0.6) is 0 Å². The van der Waals surface area contributed by atoms with Gasteiger partial charge in [0.2, 0.25) is 0 Å². The summed E-state index contributed by atoms with van der Waals surface area (Å²) in [6.07, 6.45) is 0. The molecular formula is C13H21N3O3S. The highest BCUT2D eigenvalue weighted by Crippen LogP contribution is 2.30. The molecule has 2 amide bonds. The Kier molecular flexibility index (Phi) is 4.75. The number of hydrogen-bond acceptors (Lipinski definition) is 4. The molecule has 0 bridgehead atoms. The molecule has 7 heteroatoms. The van der Waals surface area contributed by atoms with Crippen molar-refractivity contribution < 1.29 is 14.7 Å². The van der Waals surface area contributed by atoms with Gasteiger partial charge in [-0.25, -0.2) is 9.78 Å². The summed E-state index contributed by atoms with van der Waals surface area (Å²) < 4.78 is 0. The molecule has 0 saturated heterocycles. The molecule has 1 rings (SSSR count). The quantitative estimate of drug-likeness (QED) is 0.777. The zero-order valence-electron chi connectivity index (χ0n) is 12.4. The minimum absolute atomic E-state index is 0.327. The molecule has 0 aliphatic heterocycles. The normalized spacial score (nSPS) is 12.1. The summed E-state index contributed by atoms with van der Waals surface area (Å²) in [7, 11) is 0. The Hall–Kier alpha value is -1.63. The molecule has 0 aromatic carbocycles. The molecule has 1 aromatic rings.